The number of fused-ring (bicyclic) bond motifs is 2. The molecule has 3 aromatic rings. The van der Waals surface area contributed by atoms with Crippen molar-refractivity contribution in [3.05, 3.63) is 75.6 Å². The van der Waals surface area contributed by atoms with Crippen molar-refractivity contribution in [3.63, 3.8) is 0 Å². The van der Waals surface area contributed by atoms with E-state index in [-0.39, 0.29) is 11.4 Å². The van der Waals surface area contributed by atoms with Crippen LogP contribution in [0.25, 0.3) is 10.9 Å². The van der Waals surface area contributed by atoms with Gasteiger partial charge >= 0.3 is 0 Å². The van der Waals surface area contributed by atoms with E-state index in [1.807, 2.05) is 12.1 Å². The highest BCUT2D eigenvalue weighted by atomic mass is 19.1. The van der Waals surface area contributed by atoms with Crippen molar-refractivity contribution < 1.29 is 9.13 Å². The lowest BCUT2D eigenvalue weighted by Crippen LogP contribution is -2.25. The topological polar surface area (TPSA) is 44.1 Å². The monoisotopic (exact) mass is 334 g/mol. The van der Waals surface area contributed by atoms with Crippen LogP contribution < -0.4 is 5.56 Å². The Labute approximate surface area is 143 Å². The Hall–Kier alpha value is -2.97. The fourth-order valence-corrected chi connectivity index (χ4v) is 2.87. The first kappa shape index (κ1) is 15.6. The smallest absolute Gasteiger partial charge is 0.261 e. The van der Waals surface area contributed by atoms with E-state index >= 15 is 0 Å². The third-order valence-electron chi connectivity index (χ3n) is 4.16. The minimum Gasteiger partial charge on any atom is -0.379 e. The van der Waals surface area contributed by atoms with Gasteiger partial charge in [-0.25, -0.2) is 9.37 Å². The number of aromatic nitrogens is 2. The molecule has 124 valence electrons. The van der Waals surface area contributed by atoms with Gasteiger partial charge in [0.15, 0.2) is 0 Å². The van der Waals surface area contributed by atoms with Crippen molar-refractivity contribution in [3.8, 4) is 11.8 Å². The van der Waals surface area contributed by atoms with Crippen LogP contribution in [-0.4, -0.2) is 22.8 Å². The zero-order valence-corrected chi connectivity index (χ0v) is 13.5. The molecule has 1 aliphatic heterocycles. The third-order valence-corrected chi connectivity index (χ3v) is 4.16. The summed E-state index contributed by atoms with van der Waals surface area (Å²) in [5, 5.41) is 0.581. The summed E-state index contributed by atoms with van der Waals surface area (Å²) >= 11 is 0. The Kier molecular flexibility index (Phi) is 4.04. The molecule has 1 aromatic heterocycles. The molecule has 0 spiro atoms. The van der Waals surface area contributed by atoms with E-state index in [9.17, 15) is 9.18 Å². The van der Waals surface area contributed by atoms with E-state index in [1.54, 1.807) is 22.8 Å². The molecule has 0 bridgehead atoms. The molecule has 0 saturated carbocycles. The Balaban J connectivity index is 1.76. The van der Waals surface area contributed by atoms with Gasteiger partial charge in [-0.15, -0.1) is 0 Å². The van der Waals surface area contributed by atoms with Gasteiger partial charge in [0.2, 0.25) is 0 Å². The zero-order chi connectivity index (χ0) is 17.2. The van der Waals surface area contributed by atoms with Crippen molar-refractivity contribution in [2.75, 3.05) is 13.2 Å². The maximum atomic E-state index is 12.9. The van der Waals surface area contributed by atoms with Gasteiger partial charge in [-0.3, -0.25) is 9.36 Å². The van der Waals surface area contributed by atoms with Crippen LogP contribution in [0.3, 0.4) is 0 Å². The first-order valence-corrected chi connectivity index (χ1v) is 8.09. The molecule has 0 aliphatic carbocycles. The largest absolute Gasteiger partial charge is 0.379 e. The first-order chi connectivity index (χ1) is 12.2. The Morgan fingerprint density at radius 1 is 1.04 bits per heavy atom. The van der Waals surface area contributed by atoms with Gasteiger partial charge in [0.05, 0.1) is 30.7 Å². The summed E-state index contributed by atoms with van der Waals surface area (Å²) in [4.78, 5) is 17.3. The highest BCUT2D eigenvalue weighted by molar-refractivity contribution is 5.79. The maximum absolute atomic E-state index is 12.9. The van der Waals surface area contributed by atoms with Gasteiger partial charge in [0.1, 0.15) is 11.6 Å². The number of rotatable bonds is 0. The summed E-state index contributed by atoms with van der Waals surface area (Å²) in [5.74, 6) is 6.49. The summed E-state index contributed by atoms with van der Waals surface area (Å²) in [6, 6.07) is 11.4. The molecule has 0 amide bonds. The standard InChI is InChI=1S/C20H15FN2O2/c21-16-6-3-14(4-7-16)1-2-15-5-8-17-18(13-15)22-19-9-11-25-12-10-23(19)20(17)24/h3-8,13H,9-12H2. The van der Waals surface area contributed by atoms with Crippen LogP contribution in [0.5, 0.6) is 0 Å². The fraction of sp³-hybridized carbons (Fsp3) is 0.200. The van der Waals surface area contributed by atoms with E-state index in [0.29, 0.717) is 37.1 Å². The van der Waals surface area contributed by atoms with Gasteiger partial charge in [0, 0.05) is 17.5 Å². The Morgan fingerprint density at radius 2 is 1.80 bits per heavy atom. The predicted molar refractivity (Wildman–Crippen MR) is 92.9 cm³/mol. The van der Waals surface area contributed by atoms with Gasteiger partial charge in [0.25, 0.3) is 5.56 Å². The van der Waals surface area contributed by atoms with Crippen molar-refractivity contribution >= 4 is 10.9 Å². The minimum absolute atomic E-state index is 0.0384. The molecule has 1 aliphatic rings. The van der Waals surface area contributed by atoms with Gasteiger partial charge in [-0.1, -0.05) is 11.8 Å². The SMILES string of the molecule is O=c1c2ccc(C#Cc3ccc(F)cc3)cc2nc2n1CCOCC2. The van der Waals surface area contributed by atoms with Crippen LogP contribution >= 0.6 is 0 Å². The first-order valence-electron chi connectivity index (χ1n) is 8.09. The van der Waals surface area contributed by atoms with Crippen molar-refractivity contribution in [1.82, 2.24) is 9.55 Å². The molecule has 2 aromatic carbocycles. The number of ether oxygens (including phenoxy) is 1. The lowest BCUT2D eigenvalue weighted by atomic mass is 10.1. The fourth-order valence-electron chi connectivity index (χ4n) is 2.87. The van der Waals surface area contributed by atoms with E-state index < -0.39 is 0 Å². The summed E-state index contributed by atoms with van der Waals surface area (Å²) in [6.45, 7) is 1.63. The molecule has 0 N–H and O–H groups in total. The average molecular weight is 334 g/mol. The lowest BCUT2D eigenvalue weighted by molar-refractivity contribution is 0.140. The third kappa shape index (κ3) is 3.17. The van der Waals surface area contributed by atoms with E-state index in [2.05, 4.69) is 16.8 Å². The Morgan fingerprint density at radius 3 is 2.64 bits per heavy atom. The summed E-state index contributed by atoms with van der Waals surface area (Å²) in [5.41, 5.74) is 2.10. The highest BCUT2D eigenvalue weighted by Gasteiger charge is 2.13. The molecule has 0 fully saturated rings. The summed E-state index contributed by atoms with van der Waals surface area (Å²) in [7, 11) is 0. The molecule has 0 saturated heterocycles. The number of benzene rings is 2. The maximum Gasteiger partial charge on any atom is 0.261 e. The van der Waals surface area contributed by atoms with E-state index in [1.165, 1.54) is 12.1 Å². The van der Waals surface area contributed by atoms with Crippen LogP contribution in [0.1, 0.15) is 17.0 Å². The second kappa shape index (κ2) is 6.50. The number of nitrogens with zero attached hydrogens (tertiary/aromatic N) is 2. The normalized spacial score (nSPS) is 13.6. The van der Waals surface area contributed by atoms with Crippen molar-refractivity contribution in [2.24, 2.45) is 0 Å². The van der Waals surface area contributed by atoms with Crippen LogP contribution in [-0.2, 0) is 17.7 Å². The van der Waals surface area contributed by atoms with Crippen molar-refractivity contribution in [2.45, 2.75) is 13.0 Å². The minimum atomic E-state index is -0.286. The highest BCUT2D eigenvalue weighted by Crippen LogP contribution is 2.13. The molecule has 0 atom stereocenters. The molecule has 4 rings (SSSR count). The van der Waals surface area contributed by atoms with Crippen LogP contribution in [0.15, 0.2) is 47.3 Å². The molecule has 2 heterocycles. The molecule has 0 unspecified atom stereocenters. The van der Waals surface area contributed by atoms with E-state index in [0.717, 1.165) is 17.0 Å². The number of hydrogen-bond donors (Lipinski definition) is 0. The predicted octanol–water partition coefficient (Wildman–Crippen LogP) is 2.51. The lowest BCUT2D eigenvalue weighted by Gasteiger charge is -2.09. The van der Waals surface area contributed by atoms with Gasteiger partial charge in [-0.05, 0) is 42.5 Å². The van der Waals surface area contributed by atoms with Crippen LogP contribution in [0.2, 0.25) is 0 Å². The van der Waals surface area contributed by atoms with Crippen molar-refractivity contribution in [1.29, 1.82) is 0 Å². The second-order valence-corrected chi connectivity index (χ2v) is 5.84. The quantitative estimate of drug-likeness (QED) is 0.594. The summed E-state index contributed by atoms with van der Waals surface area (Å²) in [6.07, 6.45) is 0.622. The average Bonchev–Trinajstić information content (AvgIpc) is 2.87. The molecule has 25 heavy (non-hydrogen) atoms. The Bertz CT molecular complexity index is 1060. The van der Waals surface area contributed by atoms with Crippen LogP contribution in [0.4, 0.5) is 4.39 Å². The van der Waals surface area contributed by atoms with Crippen LogP contribution in [0, 0.1) is 17.7 Å². The molecule has 5 heteroatoms. The number of hydrogen-bond acceptors (Lipinski definition) is 3. The summed E-state index contributed by atoms with van der Waals surface area (Å²) < 4.78 is 20.1. The molecular weight excluding hydrogens is 319 g/mol. The molecule has 4 nitrogen and oxygen atoms in total. The molecule has 0 radical (unpaired) electrons. The number of halogens is 1. The zero-order valence-electron chi connectivity index (χ0n) is 13.5. The van der Waals surface area contributed by atoms with Gasteiger partial charge < -0.3 is 4.74 Å². The van der Waals surface area contributed by atoms with Gasteiger partial charge in [-0.2, -0.15) is 0 Å². The second-order valence-electron chi connectivity index (χ2n) is 5.84. The molecular formula is C20H15FN2O2. The van der Waals surface area contributed by atoms with E-state index in [4.69, 9.17) is 4.74 Å².